The smallest absolute Gasteiger partial charge is 0.222 e. The molecule has 1 aliphatic heterocycles. The van der Waals surface area contributed by atoms with Crippen molar-refractivity contribution in [2.45, 2.75) is 38.0 Å². The number of hydrogen-bond donors (Lipinski definition) is 1. The number of likely N-dealkylation sites (tertiary alicyclic amines) is 1. The van der Waals surface area contributed by atoms with Crippen molar-refractivity contribution < 1.29 is 9.53 Å². The Labute approximate surface area is 143 Å². The summed E-state index contributed by atoms with van der Waals surface area (Å²) in [6, 6.07) is 17.9. The van der Waals surface area contributed by atoms with Crippen LogP contribution in [0, 0.1) is 0 Å². The van der Waals surface area contributed by atoms with E-state index in [9.17, 15) is 4.79 Å². The predicted molar refractivity (Wildman–Crippen MR) is 94.6 cm³/mol. The Balaban J connectivity index is 1.70. The van der Waals surface area contributed by atoms with E-state index in [1.807, 2.05) is 61.6 Å². The summed E-state index contributed by atoms with van der Waals surface area (Å²) in [5.74, 6) is 0.983. The molecule has 126 valence electrons. The van der Waals surface area contributed by atoms with Gasteiger partial charge in [0.05, 0.1) is 6.04 Å². The molecule has 2 aromatic rings. The van der Waals surface area contributed by atoms with Crippen LogP contribution in [0.15, 0.2) is 54.6 Å². The zero-order valence-electron chi connectivity index (χ0n) is 14.0. The predicted octanol–water partition coefficient (Wildman–Crippen LogP) is 3.28. The van der Waals surface area contributed by atoms with Crippen molar-refractivity contribution >= 4 is 5.91 Å². The molecule has 3 rings (SSSR count). The Bertz CT molecular complexity index is 670. The third-order valence-electron chi connectivity index (χ3n) is 4.61. The van der Waals surface area contributed by atoms with E-state index < -0.39 is 0 Å². The van der Waals surface area contributed by atoms with Gasteiger partial charge in [-0.1, -0.05) is 42.5 Å². The molecule has 0 spiro atoms. The van der Waals surface area contributed by atoms with Crippen molar-refractivity contribution in [1.82, 2.24) is 4.90 Å². The second-order valence-corrected chi connectivity index (χ2v) is 6.35. The summed E-state index contributed by atoms with van der Waals surface area (Å²) in [5, 5.41) is 0. The number of nitrogens with two attached hydrogens (primary N) is 1. The number of ether oxygens (including phenoxy) is 1. The standard InChI is InChI=1S/C20H24N2O2/c1-22-19(23)9-5-8-18(21)20(22)16-10-12-17(13-11-16)24-14-15-6-3-2-4-7-15/h2-4,6-7,10-13,18,20H,5,8-9,14,21H2,1H3. The first-order chi connectivity index (χ1) is 11.6. The van der Waals surface area contributed by atoms with Crippen LogP contribution in [0.3, 0.4) is 0 Å². The Kier molecular flexibility index (Phi) is 5.16. The molecule has 2 N–H and O–H groups in total. The molecule has 0 radical (unpaired) electrons. The number of rotatable bonds is 4. The minimum absolute atomic E-state index is 0.0301. The summed E-state index contributed by atoms with van der Waals surface area (Å²) in [7, 11) is 1.85. The van der Waals surface area contributed by atoms with Gasteiger partial charge in [-0.15, -0.1) is 0 Å². The first-order valence-electron chi connectivity index (χ1n) is 8.43. The topological polar surface area (TPSA) is 55.6 Å². The van der Waals surface area contributed by atoms with Crippen LogP contribution in [0.4, 0.5) is 0 Å². The van der Waals surface area contributed by atoms with Gasteiger partial charge in [0.2, 0.25) is 5.91 Å². The number of carbonyl (C=O) groups excluding carboxylic acids is 1. The van der Waals surface area contributed by atoms with Crippen LogP contribution in [0.25, 0.3) is 0 Å². The maximum absolute atomic E-state index is 12.1. The molecular formula is C20H24N2O2. The van der Waals surface area contributed by atoms with E-state index >= 15 is 0 Å². The first kappa shape index (κ1) is 16.5. The minimum Gasteiger partial charge on any atom is -0.489 e. The Morgan fingerprint density at radius 3 is 2.54 bits per heavy atom. The molecule has 0 bridgehead atoms. The number of carbonyl (C=O) groups is 1. The number of amides is 1. The fourth-order valence-corrected chi connectivity index (χ4v) is 3.24. The second-order valence-electron chi connectivity index (χ2n) is 6.35. The molecule has 4 heteroatoms. The lowest BCUT2D eigenvalue weighted by Gasteiger charge is -2.30. The highest BCUT2D eigenvalue weighted by Crippen LogP contribution is 2.30. The minimum atomic E-state index is -0.0665. The van der Waals surface area contributed by atoms with Gasteiger partial charge in [0.1, 0.15) is 12.4 Å². The van der Waals surface area contributed by atoms with Crippen LogP contribution in [-0.2, 0) is 11.4 Å². The van der Waals surface area contributed by atoms with Gasteiger partial charge in [0.25, 0.3) is 0 Å². The molecule has 2 unspecified atom stereocenters. The maximum atomic E-state index is 12.1. The molecule has 0 saturated carbocycles. The van der Waals surface area contributed by atoms with Crippen molar-refractivity contribution in [2.75, 3.05) is 7.05 Å². The Morgan fingerprint density at radius 2 is 1.83 bits per heavy atom. The normalized spacial score (nSPS) is 21.4. The number of hydrogen-bond acceptors (Lipinski definition) is 3. The number of benzene rings is 2. The summed E-state index contributed by atoms with van der Waals surface area (Å²) >= 11 is 0. The number of likely N-dealkylation sites (N-methyl/N-ethyl adjacent to an activating group) is 1. The molecule has 1 fully saturated rings. The summed E-state index contributed by atoms with van der Waals surface area (Å²) in [6.45, 7) is 0.543. The fourth-order valence-electron chi connectivity index (χ4n) is 3.24. The summed E-state index contributed by atoms with van der Waals surface area (Å²) in [4.78, 5) is 13.9. The molecule has 4 nitrogen and oxygen atoms in total. The van der Waals surface area contributed by atoms with E-state index in [2.05, 4.69) is 0 Å². The van der Waals surface area contributed by atoms with E-state index in [0.29, 0.717) is 13.0 Å². The van der Waals surface area contributed by atoms with Gasteiger partial charge in [-0.05, 0) is 36.1 Å². The lowest BCUT2D eigenvalue weighted by atomic mass is 9.96. The summed E-state index contributed by atoms with van der Waals surface area (Å²) in [5.41, 5.74) is 8.51. The van der Waals surface area contributed by atoms with Crippen LogP contribution in [0.2, 0.25) is 0 Å². The molecule has 2 atom stereocenters. The fraction of sp³-hybridized carbons (Fsp3) is 0.350. The average molecular weight is 324 g/mol. The SMILES string of the molecule is CN1C(=O)CCCC(N)C1c1ccc(OCc2ccccc2)cc1. The van der Waals surface area contributed by atoms with Gasteiger partial charge in [-0.3, -0.25) is 4.79 Å². The number of nitrogens with zero attached hydrogens (tertiary/aromatic N) is 1. The Hall–Kier alpha value is -2.33. The van der Waals surface area contributed by atoms with E-state index in [1.54, 1.807) is 4.90 Å². The zero-order chi connectivity index (χ0) is 16.9. The summed E-state index contributed by atoms with van der Waals surface area (Å²) < 4.78 is 5.82. The van der Waals surface area contributed by atoms with Gasteiger partial charge in [-0.25, -0.2) is 0 Å². The lowest BCUT2D eigenvalue weighted by Crippen LogP contribution is -2.39. The third kappa shape index (κ3) is 3.77. The quantitative estimate of drug-likeness (QED) is 0.939. The van der Waals surface area contributed by atoms with Gasteiger partial charge < -0.3 is 15.4 Å². The lowest BCUT2D eigenvalue weighted by molar-refractivity contribution is -0.131. The largest absolute Gasteiger partial charge is 0.489 e. The monoisotopic (exact) mass is 324 g/mol. The third-order valence-corrected chi connectivity index (χ3v) is 4.61. The van der Waals surface area contributed by atoms with Gasteiger partial charge in [0, 0.05) is 19.5 Å². The molecular weight excluding hydrogens is 300 g/mol. The second kappa shape index (κ2) is 7.49. The molecule has 1 amide bonds. The molecule has 0 aliphatic carbocycles. The van der Waals surface area contributed by atoms with Gasteiger partial charge in [0.15, 0.2) is 0 Å². The molecule has 24 heavy (non-hydrogen) atoms. The molecule has 1 heterocycles. The average Bonchev–Trinajstić information content (AvgIpc) is 2.73. The van der Waals surface area contributed by atoms with Crippen LogP contribution in [0.5, 0.6) is 5.75 Å². The zero-order valence-corrected chi connectivity index (χ0v) is 14.0. The van der Waals surface area contributed by atoms with Crippen LogP contribution in [-0.4, -0.2) is 23.9 Å². The molecule has 1 aliphatic rings. The van der Waals surface area contributed by atoms with E-state index in [-0.39, 0.29) is 18.0 Å². The van der Waals surface area contributed by atoms with Crippen molar-refractivity contribution in [3.8, 4) is 5.75 Å². The van der Waals surface area contributed by atoms with Crippen molar-refractivity contribution in [1.29, 1.82) is 0 Å². The van der Waals surface area contributed by atoms with Crippen molar-refractivity contribution in [2.24, 2.45) is 5.73 Å². The van der Waals surface area contributed by atoms with Crippen LogP contribution < -0.4 is 10.5 Å². The Morgan fingerprint density at radius 1 is 1.12 bits per heavy atom. The van der Waals surface area contributed by atoms with E-state index in [4.69, 9.17) is 10.5 Å². The summed E-state index contributed by atoms with van der Waals surface area (Å²) in [6.07, 6.45) is 2.31. The van der Waals surface area contributed by atoms with Crippen molar-refractivity contribution in [3.63, 3.8) is 0 Å². The maximum Gasteiger partial charge on any atom is 0.222 e. The van der Waals surface area contributed by atoms with Crippen LogP contribution in [0.1, 0.15) is 36.4 Å². The highest BCUT2D eigenvalue weighted by atomic mass is 16.5. The molecule has 1 saturated heterocycles. The first-order valence-corrected chi connectivity index (χ1v) is 8.43. The molecule has 0 aromatic heterocycles. The molecule has 2 aromatic carbocycles. The highest BCUT2D eigenvalue weighted by Gasteiger charge is 2.30. The van der Waals surface area contributed by atoms with E-state index in [1.165, 1.54) is 0 Å². The van der Waals surface area contributed by atoms with Crippen LogP contribution >= 0.6 is 0 Å². The van der Waals surface area contributed by atoms with Crippen molar-refractivity contribution in [3.05, 3.63) is 65.7 Å². The highest BCUT2D eigenvalue weighted by molar-refractivity contribution is 5.76. The van der Waals surface area contributed by atoms with Gasteiger partial charge >= 0.3 is 0 Å². The van der Waals surface area contributed by atoms with E-state index in [0.717, 1.165) is 29.7 Å². The van der Waals surface area contributed by atoms with Gasteiger partial charge in [-0.2, -0.15) is 0 Å².